The fourth-order valence-electron chi connectivity index (χ4n) is 5.07. The van der Waals surface area contributed by atoms with Gasteiger partial charge in [-0.15, -0.1) is 18.2 Å². The van der Waals surface area contributed by atoms with Crippen LogP contribution in [0.4, 0.5) is 4.79 Å². The predicted molar refractivity (Wildman–Crippen MR) is 141 cm³/mol. The van der Waals surface area contributed by atoms with Crippen molar-refractivity contribution < 1.29 is 14.4 Å². The van der Waals surface area contributed by atoms with Gasteiger partial charge in [0.25, 0.3) is 0 Å². The quantitative estimate of drug-likeness (QED) is 0.546. The smallest absolute Gasteiger partial charge is 0.334 e. The summed E-state index contributed by atoms with van der Waals surface area (Å²) in [6, 6.07) is 8.73. The van der Waals surface area contributed by atoms with Gasteiger partial charge >= 0.3 is 6.03 Å². The maximum absolute atomic E-state index is 13.7. The normalized spacial score (nSPS) is 23.2. The van der Waals surface area contributed by atoms with Crippen molar-refractivity contribution in [3.63, 3.8) is 0 Å². The zero-order valence-electron chi connectivity index (χ0n) is 21.1. The molecule has 1 unspecified atom stereocenters. The fraction of sp³-hybridized carbons (Fsp3) is 0.519. The number of amides is 4. The molecule has 8 nitrogen and oxygen atoms in total. The number of nitrogens with zero attached hydrogens (tertiary/aromatic N) is 4. The van der Waals surface area contributed by atoms with Gasteiger partial charge in [-0.3, -0.25) is 9.59 Å². The van der Waals surface area contributed by atoms with Crippen LogP contribution in [0.15, 0.2) is 41.3 Å². The molecule has 0 radical (unpaired) electrons. The molecule has 3 aliphatic heterocycles. The molecule has 1 aromatic rings. The first kappa shape index (κ1) is 26.1. The molecule has 0 aliphatic carbocycles. The zero-order valence-corrected chi connectivity index (χ0v) is 21.9. The second kappa shape index (κ2) is 11.8. The Hall–Kier alpha value is -2.96. The monoisotopic (exact) mass is 509 g/mol. The molecule has 4 amide bonds. The molecule has 0 saturated carbocycles. The number of rotatable bonds is 8. The van der Waals surface area contributed by atoms with Crippen LogP contribution in [0.1, 0.15) is 38.7 Å². The van der Waals surface area contributed by atoms with Crippen LogP contribution >= 0.6 is 11.8 Å². The van der Waals surface area contributed by atoms with E-state index in [1.165, 1.54) is 4.91 Å². The Bertz CT molecular complexity index is 1040. The Balaban J connectivity index is 1.61. The first-order valence-corrected chi connectivity index (χ1v) is 13.6. The highest BCUT2D eigenvalue weighted by atomic mass is 32.2. The minimum atomic E-state index is -0.614. The third-order valence-electron chi connectivity index (χ3n) is 7.12. The minimum absolute atomic E-state index is 0.0346. The molecule has 3 atom stereocenters. The highest BCUT2D eigenvalue weighted by Gasteiger charge is 2.52. The van der Waals surface area contributed by atoms with E-state index in [0.717, 1.165) is 30.6 Å². The molecule has 192 valence electrons. The van der Waals surface area contributed by atoms with E-state index in [-0.39, 0.29) is 43.4 Å². The van der Waals surface area contributed by atoms with E-state index in [1.54, 1.807) is 14.9 Å². The molecule has 36 heavy (non-hydrogen) atoms. The van der Waals surface area contributed by atoms with E-state index >= 15 is 0 Å². The van der Waals surface area contributed by atoms with Gasteiger partial charge < -0.3 is 15.1 Å². The minimum Gasteiger partial charge on any atom is -0.337 e. The van der Waals surface area contributed by atoms with Gasteiger partial charge in [-0.25, -0.2) is 9.80 Å². The highest BCUT2D eigenvalue weighted by molar-refractivity contribution is 8.03. The van der Waals surface area contributed by atoms with Gasteiger partial charge in [-0.1, -0.05) is 62.6 Å². The number of carbonyl (C=O) groups is 3. The molecule has 3 heterocycles. The number of fused-ring (bicyclic) bond motifs is 1. The number of allylic oxidation sites excluding steroid dienone is 1. The molecule has 1 N–H and O–H groups in total. The number of terminal acetylenes is 1. The van der Waals surface area contributed by atoms with E-state index in [9.17, 15) is 14.4 Å². The molecule has 9 heteroatoms. The molecular weight excluding hydrogens is 474 g/mol. The molecule has 2 saturated heterocycles. The number of benzene rings is 1. The first-order valence-electron chi connectivity index (χ1n) is 12.7. The Labute approximate surface area is 218 Å². The zero-order chi connectivity index (χ0) is 25.7. The van der Waals surface area contributed by atoms with Crippen LogP contribution < -0.4 is 5.32 Å². The topological polar surface area (TPSA) is 76.2 Å². The van der Waals surface area contributed by atoms with Gasteiger partial charge in [0.15, 0.2) is 0 Å². The summed E-state index contributed by atoms with van der Waals surface area (Å²) in [5.41, 5.74) is 0.972. The maximum atomic E-state index is 13.7. The standard InChI is InChI=1S/C27H35N5O3S/c1-4-14-30-19-24(33)31-23(32(30)27(35)28-17-21-10-7-6-8-11-21)18-29(15-13-22-12-9-16-36-22)26(34)25(31)20(3)5-2/h1,6-8,10-12,20,23,25H,5,9,13-19H2,2-3H3,(H,28,35)/t20?,23-,25-/m0/s1. The SMILES string of the molecule is C#CCN1CC(=O)N2[C@@H](C(C)CC)C(=O)N(CCC3=CCCS3)C[C@@H]2N1C(=O)NCc1ccccc1. The van der Waals surface area contributed by atoms with Crippen molar-refractivity contribution in [3.05, 3.63) is 46.9 Å². The lowest BCUT2D eigenvalue weighted by molar-refractivity contribution is -0.192. The summed E-state index contributed by atoms with van der Waals surface area (Å²) in [4.78, 5) is 45.4. The molecule has 3 aliphatic rings. The fourth-order valence-corrected chi connectivity index (χ4v) is 6.04. The number of piperazine rings is 1. The average molecular weight is 510 g/mol. The van der Waals surface area contributed by atoms with Crippen LogP contribution in [0.2, 0.25) is 0 Å². The third kappa shape index (κ3) is 5.55. The van der Waals surface area contributed by atoms with Gasteiger partial charge in [0.05, 0.1) is 19.6 Å². The van der Waals surface area contributed by atoms with Gasteiger partial charge in [0, 0.05) is 18.8 Å². The summed E-state index contributed by atoms with van der Waals surface area (Å²) in [5, 5.41) is 6.19. The lowest BCUT2D eigenvalue weighted by Gasteiger charge is -2.55. The Morgan fingerprint density at radius 2 is 2.06 bits per heavy atom. The van der Waals surface area contributed by atoms with E-state index < -0.39 is 12.2 Å². The van der Waals surface area contributed by atoms with Crippen molar-refractivity contribution in [1.82, 2.24) is 25.1 Å². The van der Waals surface area contributed by atoms with Crippen LogP contribution in [-0.2, 0) is 16.1 Å². The summed E-state index contributed by atoms with van der Waals surface area (Å²) in [6.07, 6.45) is 9.83. The summed E-state index contributed by atoms with van der Waals surface area (Å²) in [7, 11) is 0. The molecular formula is C27H35N5O3S. The summed E-state index contributed by atoms with van der Waals surface area (Å²) in [6.45, 7) is 5.29. The Morgan fingerprint density at radius 3 is 2.72 bits per heavy atom. The van der Waals surface area contributed by atoms with Crippen LogP contribution in [0.5, 0.6) is 0 Å². The number of hydrogen-bond acceptors (Lipinski definition) is 5. The maximum Gasteiger partial charge on any atom is 0.334 e. The van der Waals surface area contributed by atoms with Crippen LogP contribution in [0.25, 0.3) is 0 Å². The Morgan fingerprint density at radius 1 is 1.28 bits per heavy atom. The number of hydrazine groups is 1. The number of hydrogen-bond donors (Lipinski definition) is 1. The summed E-state index contributed by atoms with van der Waals surface area (Å²) >= 11 is 1.84. The van der Waals surface area contributed by atoms with Gasteiger partial charge in [0.1, 0.15) is 12.2 Å². The van der Waals surface area contributed by atoms with Gasteiger partial charge in [-0.05, 0) is 29.2 Å². The summed E-state index contributed by atoms with van der Waals surface area (Å²) < 4.78 is 0. The number of nitrogens with one attached hydrogen (secondary N) is 1. The molecule has 1 aromatic carbocycles. The molecule has 0 spiro atoms. The summed E-state index contributed by atoms with van der Waals surface area (Å²) in [5.74, 6) is 3.42. The molecule has 2 fully saturated rings. The number of carbonyl (C=O) groups excluding carboxylic acids is 3. The number of urea groups is 1. The van der Waals surface area contributed by atoms with Crippen molar-refractivity contribution in [2.45, 2.75) is 51.9 Å². The van der Waals surface area contributed by atoms with Crippen LogP contribution in [0.3, 0.4) is 0 Å². The van der Waals surface area contributed by atoms with Crippen molar-refractivity contribution in [1.29, 1.82) is 0 Å². The third-order valence-corrected chi connectivity index (χ3v) is 8.30. The van der Waals surface area contributed by atoms with Crippen LogP contribution in [-0.4, -0.2) is 81.8 Å². The van der Waals surface area contributed by atoms with Crippen molar-refractivity contribution in [2.24, 2.45) is 5.92 Å². The second-order valence-electron chi connectivity index (χ2n) is 9.47. The molecule has 4 rings (SSSR count). The molecule has 0 aromatic heterocycles. The Kier molecular flexibility index (Phi) is 8.60. The van der Waals surface area contributed by atoms with Crippen molar-refractivity contribution in [3.8, 4) is 12.3 Å². The first-order chi connectivity index (χ1) is 17.4. The number of thioether (sulfide) groups is 1. The van der Waals surface area contributed by atoms with Crippen molar-refractivity contribution >= 4 is 29.6 Å². The lowest BCUT2D eigenvalue weighted by Crippen LogP contribution is -2.77. The lowest BCUT2D eigenvalue weighted by atomic mass is 9.92. The average Bonchev–Trinajstić information content (AvgIpc) is 3.41. The van der Waals surface area contributed by atoms with Gasteiger partial charge in [0.2, 0.25) is 11.8 Å². The molecule has 0 bridgehead atoms. The van der Waals surface area contributed by atoms with E-state index in [0.29, 0.717) is 13.1 Å². The second-order valence-corrected chi connectivity index (χ2v) is 10.7. The van der Waals surface area contributed by atoms with E-state index in [4.69, 9.17) is 6.42 Å². The van der Waals surface area contributed by atoms with Crippen molar-refractivity contribution in [2.75, 3.05) is 31.9 Å². The largest absolute Gasteiger partial charge is 0.337 e. The van der Waals surface area contributed by atoms with E-state index in [2.05, 4.69) is 17.3 Å². The van der Waals surface area contributed by atoms with E-state index in [1.807, 2.05) is 60.8 Å². The predicted octanol–water partition coefficient (Wildman–Crippen LogP) is 2.88. The van der Waals surface area contributed by atoms with Crippen LogP contribution in [0, 0.1) is 18.3 Å². The van der Waals surface area contributed by atoms with Gasteiger partial charge in [-0.2, -0.15) is 5.01 Å². The highest BCUT2D eigenvalue weighted by Crippen LogP contribution is 2.32.